The van der Waals surface area contributed by atoms with E-state index in [9.17, 15) is 4.79 Å². The van der Waals surface area contributed by atoms with Gasteiger partial charge in [0.2, 0.25) is 5.91 Å². The molecular weight excluding hydrogens is 328 g/mol. The molecule has 1 heterocycles. The van der Waals surface area contributed by atoms with Crippen LogP contribution in [0.3, 0.4) is 0 Å². The van der Waals surface area contributed by atoms with Gasteiger partial charge in [-0.15, -0.1) is 0 Å². The average Bonchev–Trinajstić information content (AvgIpc) is 2.49. The van der Waals surface area contributed by atoms with E-state index in [4.69, 9.17) is 0 Å². The lowest BCUT2D eigenvalue weighted by atomic mass is 10.0. The van der Waals surface area contributed by atoms with E-state index in [0.29, 0.717) is 6.04 Å². The Bertz CT molecular complexity index is 493. The third-order valence-electron chi connectivity index (χ3n) is 3.79. The Hall–Kier alpha value is -1.13. The molecule has 0 unspecified atom stereocenters. The number of piperidine rings is 1. The number of nitrogens with one attached hydrogen (secondary N) is 1. The van der Waals surface area contributed by atoms with Crippen LogP contribution in [0, 0.1) is 0 Å². The van der Waals surface area contributed by atoms with E-state index >= 15 is 0 Å². The maximum Gasteiger partial charge on any atom is 0.244 e. The Morgan fingerprint density at radius 2 is 2.10 bits per heavy atom. The largest absolute Gasteiger partial charge is 0.350 e. The van der Waals surface area contributed by atoms with Crippen LogP contribution in [0.2, 0.25) is 0 Å². The van der Waals surface area contributed by atoms with E-state index < -0.39 is 0 Å². The Labute approximate surface area is 135 Å². The molecule has 0 aromatic heterocycles. The summed E-state index contributed by atoms with van der Waals surface area (Å²) in [6.07, 6.45) is 6.78. The predicted molar refractivity (Wildman–Crippen MR) is 91.1 cm³/mol. The Morgan fingerprint density at radius 1 is 1.38 bits per heavy atom. The summed E-state index contributed by atoms with van der Waals surface area (Å²) >= 11 is 3.48. The highest BCUT2D eigenvalue weighted by atomic mass is 79.9. The molecule has 1 amide bonds. The summed E-state index contributed by atoms with van der Waals surface area (Å²) in [5, 5.41) is 3.10. The van der Waals surface area contributed by atoms with Gasteiger partial charge in [-0.2, -0.15) is 0 Å². The zero-order valence-electron chi connectivity index (χ0n) is 12.5. The van der Waals surface area contributed by atoms with E-state index in [1.165, 1.54) is 13.0 Å². The maximum absolute atomic E-state index is 12.0. The Kier molecular flexibility index (Phi) is 6.46. The molecule has 0 saturated carbocycles. The fraction of sp³-hybridized carbons (Fsp3) is 0.471. The molecular formula is C17H23BrN2O. The van der Waals surface area contributed by atoms with Crippen LogP contribution in [-0.2, 0) is 4.79 Å². The zero-order chi connectivity index (χ0) is 15.1. The van der Waals surface area contributed by atoms with Crippen LogP contribution in [0.4, 0.5) is 0 Å². The minimum absolute atomic E-state index is 0.000283. The van der Waals surface area contributed by atoms with Crippen molar-refractivity contribution >= 4 is 27.9 Å². The molecule has 2 rings (SSSR count). The van der Waals surface area contributed by atoms with Crippen molar-refractivity contribution in [3.8, 4) is 0 Å². The van der Waals surface area contributed by atoms with Gasteiger partial charge in [-0.1, -0.05) is 41.1 Å². The van der Waals surface area contributed by atoms with Gasteiger partial charge in [0, 0.05) is 29.7 Å². The van der Waals surface area contributed by atoms with Crippen LogP contribution < -0.4 is 5.32 Å². The van der Waals surface area contributed by atoms with Crippen LogP contribution in [0.1, 0.15) is 31.7 Å². The van der Waals surface area contributed by atoms with Crippen molar-refractivity contribution in [3.63, 3.8) is 0 Å². The van der Waals surface area contributed by atoms with Crippen molar-refractivity contribution in [1.82, 2.24) is 10.2 Å². The summed E-state index contributed by atoms with van der Waals surface area (Å²) in [5.74, 6) is -0.000283. The molecule has 0 bridgehead atoms. The summed E-state index contributed by atoms with van der Waals surface area (Å²) in [6, 6.07) is 8.20. The normalized spacial score (nSPS) is 17.2. The minimum Gasteiger partial charge on any atom is -0.350 e. The second kappa shape index (κ2) is 8.35. The number of amides is 1. The molecule has 0 radical (unpaired) electrons. The molecule has 114 valence electrons. The molecule has 3 nitrogen and oxygen atoms in total. The second-order valence-electron chi connectivity index (χ2n) is 5.48. The standard InChI is InChI=1S/C17H23BrN2O/c1-2-11-20-12-9-15(10-13-20)19-17(21)8-7-14-5-3-4-6-16(14)18/h3-8,15H,2,9-13H2,1H3,(H,19,21)/b8-7+. The highest BCUT2D eigenvalue weighted by Gasteiger charge is 2.19. The van der Waals surface area contributed by atoms with Gasteiger partial charge in [0.1, 0.15) is 0 Å². The van der Waals surface area contributed by atoms with Gasteiger partial charge < -0.3 is 10.2 Å². The van der Waals surface area contributed by atoms with Crippen molar-refractivity contribution in [1.29, 1.82) is 0 Å². The first-order valence-corrected chi connectivity index (χ1v) is 8.44. The summed E-state index contributed by atoms with van der Waals surface area (Å²) in [4.78, 5) is 14.4. The number of likely N-dealkylation sites (tertiary alicyclic amines) is 1. The lowest BCUT2D eigenvalue weighted by Gasteiger charge is -2.31. The van der Waals surface area contributed by atoms with E-state index in [0.717, 1.165) is 36.0 Å². The van der Waals surface area contributed by atoms with Crippen LogP contribution in [0.25, 0.3) is 6.08 Å². The van der Waals surface area contributed by atoms with Gasteiger partial charge >= 0.3 is 0 Å². The second-order valence-corrected chi connectivity index (χ2v) is 6.33. The van der Waals surface area contributed by atoms with E-state index in [-0.39, 0.29) is 5.91 Å². The van der Waals surface area contributed by atoms with E-state index in [1.807, 2.05) is 30.3 Å². The summed E-state index contributed by atoms with van der Waals surface area (Å²) in [5.41, 5.74) is 1.02. The van der Waals surface area contributed by atoms with Gasteiger partial charge in [0.25, 0.3) is 0 Å². The molecule has 21 heavy (non-hydrogen) atoms. The van der Waals surface area contributed by atoms with Crippen molar-refractivity contribution < 1.29 is 4.79 Å². The summed E-state index contributed by atoms with van der Waals surface area (Å²) in [6.45, 7) is 5.56. The third kappa shape index (κ3) is 5.29. The van der Waals surface area contributed by atoms with Gasteiger partial charge in [-0.25, -0.2) is 0 Å². The van der Waals surface area contributed by atoms with Crippen LogP contribution in [-0.4, -0.2) is 36.5 Å². The molecule has 1 fully saturated rings. The molecule has 0 aliphatic carbocycles. The van der Waals surface area contributed by atoms with Crippen LogP contribution in [0.5, 0.6) is 0 Å². The highest BCUT2D eigenvalue weighted by molar-refractivity contribution is 9.10. The quantitative estimate of drug-likeness (QED) is 0.824. The Balaban J connectivity index is 1.79. The number of hydrogen-bond acceptors (Lipinski definition) is 2. The van der Waals surface area contributed by atoms with Gasteiger partial charge in [0.15, 0.2) is 0 Å². The number of halogens is 1. The fourth-order valence-corrected chi connectivity index (χ4v) is 3.06. The third-order valence-corrected chi connectivity index (χ3v) is 4.52. The fourth-order valence-electron chi connectivity index (χ4n) is 2.64. The van der Waals surface area contributed by atoms with Crippen molar-refractivity contribution in [2.75, 3.05) is 19.6 Å². The van der Waals surface area contributed by atoms with Crippen LogP contribution in [0.15, 0.2) is 34.8 Å². The van der Waals surface area contributed by atoms with Crippen molar-refractivity contribution in [2.24, 2.45) is 0 Å². The first-order valence-electron chi connectivity index (χ1n) is 7.64. The van der Waals surface area contributed by atoms with E-state index in [1.54, 1.807) is 6.08 Å². The average molecular weight is 351 g/mol. The molecule has 0 spiro atoms. The topological polar surface area (TPSA) is 32.3 Å². The lowest BCUT2D eigenvalue weighted by Crippen LogP contribution is -2.44. The van der Waals surface area contributed by atoms with Crippen molar-refractivity contribution in [2.45, 2.75) is 32.2 Å². The molecule has 0 atom stereocenters. The first-order chi connectivity index (χ1) is 10.2. The monoisotopic (exact) mass is 350 g/mol. The smallest absolute Gasteiger partial charge is 0.244 e. The Morgan fingerprint density at radius 3 is 2.76 bits per heavy atom. The first kappa shape index (κ1) is 16.2. The molecule has 4 heteroatoms. The van der Waals surface area contributed by atoms with Crippen molar-refractivity contribution in [3.05, 3.63) is 40.4 Å². The molecule has 1 aliphatic rings. The molecule has 1 N–H and O–H groups in total. The number of rotatable bonds is 5. The minimum atomic E-state index is -0.000283. The zero-order valence-corrected chi connectivity index (χ0v) is 14.1. The predicted octanol–water partition coefficient (Wildman–Crippen LogP) is 3.45. The maximum atomic E-state index is 12.0. The highest BCUT2D eigenvalue weighted by Crippen LogP contribution is 2.17. The summed E-state index contributed by atoms with van der Waals surface area (Å²) < 4.78 is 1.00. The SMILES string of the molecule is CCCN1CCC(NC(=O)/C=C/c2ccccc2Br)CC1. The number of nitrogens with zero attached hydrogens (tertiary/aromatic N) is 1. The molecule has 1 aliphatic heterocycles. The van der Waals surface area contributed by atoms with Gasteiger partial charge in [0.05, 0.1) is 0 Å². The van der Waals surface area contributed by atoms with Crippen LogP contribution >= 0.6 is 15.9 Å². The molecule has 1 saturated heterocycles. The number of carbonyl (C=O) groups excluding carboxylic acids is 1. The number of benzene rings is 1. The lowest BCUT2D eigenvalue weighted by molar-refractivity contribution is -0.117. The van der Waals surface area contributed by atoms with Gasteiger partial charge in [-0.05, 0) is 43.5 Å². The van der Waals surface area contributed by atoms with Gasteiger partial charge in [-0.3, -0.25) is 4.79 Å². The number of carbonyl (C=O) groups is 1. The molecule has 1 aromatic rings. The van der Waals surface area contributed by atoms with E-state index in [2.05, 4.69) is 33.1 Å². The number of hydrogen-bond donors (Lipinski definition) is 1. The molecule has 1 aromatic carbocycles. The summed E-state index contributed by atoms with van der Waals surface area (Å²) in [7, 11) is 0.